The highest BCUT2D eigenvalue weighted by atomic mass is 35.5. The molecule has 1 saturated carbocycles. The first-order chi connectivity index (χ1) is 11.3. The third-order valence-electron chi connectivity index (χ3n) is 4.41. The van der Waals surface area contributed by atoms with Crippen LogP contribution in [0.25, 0.3) is 0 Å². The van der Waals surface area contributed by atoms with Crippen LogP contribution in [-0.2, 0) is 5.54 Å². The first-order valence-corrected chi connectivity index (χ1v) is 8.76. The highest BCUT2D eigenvalue weighted by molar-refractivity contribution is 6.32. The second-order valence-electron chi connectivity index (χ2n) is 7.73. The summed E-state index contributed by atoms with van der Waals surface area (Å²) in [6.45, 7) is 6.93. The normalized spacial score (nSPS) is 23.7. The molecule has 1 aromatic rings. The summed E-state index contributed by atoms with van der Waals surface area (Å²) < 4.78 is 5.84. The first kappa shape index (κ1) is 17.1. The summed E-state index contributed by atoms with van der Waals surface area (Å²) in [5.41, 5.74) is 3.96. The average molecular weight is 350 g/mol. The Kier molecular flexibility index (Phi) is 4.47. The quantitative estimate of drug-likeness (QED) is 0.858. The SMILES string of the molecule is CC(C)(C)COc1ccc(C23CCCCC2=NNC(=O)N3)cc1Cl. The fourth-order valence-electron chi connectivity index (χ4n) is 3.23. The molecular weight excluding hydrogens is 326 g/mol. The van der Waals surface area contributed by atoms with Gasteiger partial charge in [0, 0.05) is 0 Å². The molecule has 130 valence electrons. The van der Waals surface area contributed by atoms with Crippen molar-refractivity contribution in [1.82, 2.24) is 10.7 Å². The van der Waals surface area contributed by atoms with Crippen molar-refractivity contribution >= 4 is 23.3 Å². The van der Waals surface area contributed by atoms with Gasteiger partial charge in [0.05, 0.1) is 17.3 Å². The number of hydrogen-bond acceptors (Lipinski definition) is 3. The van der Waals surface area contributed by atoms with Gasteiger partial charge in [-0.2, -0.15) is 5.10 Å². The van der Waals surface area contributed by atoms with E-state index in [4.69, 9.17) is 16.3 Å². The van der Waals surface area contributed by atoms with E-state index in [9.17, 15) is 4.79 Å². The summed E-state index contributed by atoms with van der Waals surface area (Å²) in [4.78, 5) is 11.9. The van der Waals surface area contributed by atoms with Gasteiger partial charge in [-0.15, -0.1) is 0 Å². The number of hydrogen-bond donors (Lipinski definition) is 2. The third-order valence-corrected chi connectivity index (χ3v) is 4.71. The van der Waals surface area contributed by atoms with Crippen molar-refractivity contribution < 1.29 is 9.53 Å². The van der Waals surface area contributed by atoms with E-state index in [1.54, 1.807) is 0 Å². The van der Waals surface area contributed by atoms with Crippen LogP contribution in [0.2, 0.25) is 5.02 Å². The lowest BCUT2D eigenvalue weighted by molar-refractivity contribution is 0.198. The zero-order valence-corrected chi connectivity index (χ0v) is 15.2. The summed E-state index contributed by atoms with van der Waals surface area (Å²) in [5.74, 6) is 0.668. The minimum absolute atomic E-state index is 0.0624. The maximum atomic E-state index is 11.9. The van der Waals surface area contributed by atoms with Gasteiger partial charge < -0.3 is 10.1 Å². The van der Waals surface area contributed by atoms with Crippen LogP contribution >= 0.6 is 11.6 Å². The Labute approximate surface area is 147 Å². The maximum absolute atomic E-state index is 11.9. The molecule has 0 spiro atoms. The predicted octanol–water partition coefficient (Wildman–Crippen LogP) is 4.20. The van der Waals surface area contributed by atoms with Gasteiger partial charge in [-0.25, -0.2) is 10.2 Å². The number of urea groups is 1. The highest BCUT2D eigenvalue weighted by Gasteiger charge is 2.43. The Morgan fingerprint density at radius 1 is 1.33 bits per heavy atom. The molecule has 5 nitrogen and oxygen atoms in total. The van der Waals surface area contributed by atoms with Crippen LogP contribution in [0.5, 0.6) is 5.75 Å². The lowest BCUT2D eigenvalue weighted by Crippen LogP contribution is -2.59. The number of nitrogens with zero attached hydrogens (tertiary/aromatic N) is 1. The van der Waals surface area contributed by atoms with Crippen LogP contribution in [0.15, 0.2) is 23.3 Å². The number of halogens is 1. The van der Waals surface area contributed by atoms with Crippen molar-refractivity contribution in [2.24, 2.45) is 10.5 Å². The van der Waals surface area contributed by atoms with Crippen molar-refractivity contribution in [2.75, 3.05) is 6.61 Å². The van der Waals surface area contributed by atoms with Crippen LogP contribution in [0, 0.1) is 5.41 Å². The van der Waals surface area contributed by atoms with E-state index in [-0.39, 0.29) is 11.4 Å². The predicted molar refractivity (Wildman–Crippen MR) is 95.7 cm³/mol. The van der Waals surface area contributed by atoms with Crippen LogP contribution < -0.4 is 15.5 Å². The van der Waals surface area contributed by atoms with Crippen LogP contribution in [-0.4, -0.2) is 18.3 Å². The molecule has 0 radical (unpaired) electrons. The van der Waals surface area contributed by atoms with E-state index in [1.165, 1.54) is 0 Å². The van der Waals surface area contributed by atoms with E-state index in [2.05, 4.69) is 36.6 Å². The molecule has 24 heavy (non-hydrogen) atoms. The molecule has 1 heterocycles. The molecule has 1 aliphatic carbocycles. The standard InChI is InChI=1S/C18H24ClN3O2/c1-17(2,3)11-24-14-8-7-12(10-13(14)19)18-9-5-4-6-15(18)21-22-16(23)20-18/h7-8,10H,4-6,9,11H2,1-3H3,(H2,20,22,23). The maximum Gasteiger partial charge on any atom is 0.336 e. The molecule has 2 N–H and O–H groups in total. The van der Waals surface area contributed by atoms with E-state index in [0.717, 1.165) is 37.0 Å². The Hall–Kier alpha value is -1.75. The van der Waals surface area contributed by atoms with Gasteiger partial charge in [-0.05, 0) is 48.8 Å². The lowest BCUT2D eigenvalue weighted by Gasteiger charge is -2.41. The highest BCUT2D eigenvalue weighted by Crippen LogP contribution is 2.39. The zero-order valence-electron chi connectivity index (χ0n) is 14.4. The van der Waals surface area contributed by atoms with Crippen molar-refractivity contribution in [1.29, 1.82) is 0 Å². The number of nitrogens with one attached hydrogen (secondary N) is 2. The Morgan fingerprint density at radius 3 is 2.83 bits per heavy atom. The van der Waals surface area contributed by atoms with Crippen LogP contribution in [0.4, 0.5) is 4.79 Å². The zero-order chi connectivity index (χ0) is 17.4. The smallest absolute Gasteiger partial charge is 0.336 e. The van der Waals surface area contributed by atoms with Gasteiger partial charge >= 0.3 is 6.03 Å². The molecule has 0 saturated heterocycles. The molecule has 1 unspecified atom stereocenters. The number of rotatable bonds is 3. The summed E-state index contributed by atoms with van der Waals surface area (Å²) in [7, 11) is 0. The molecule has 6 heteroatoms. The second-order valence-corrected chi connectivity index (χ2v) is 8.14. The fraction of sp³-hybridized carbons (Fsp3) is 0.556. The molecule has 0 aromatic heterocycles. The van der Waals surface area contributed by atoms with Crippen LogP contribution in [0.1, 0.15) is 52.0 Å². The Balaban J connectivity index is 1.91. The molecule has 2 aliphatic rings. The Bertz CT molecular complexity index is 681. The van der Waals surface area contributed by atoms with Gasteiger partial charge in [0.2, 0.25) is 0 Å². The number of carbonyl (C=O) groups excluding carboxylic acids is 1. The molecule has 1 fully saturated rings. The van der Waals surface area contributed by atoms with E-state index in [0.29, 0.717) is 17.4 Å². The molecule has 1 atom stereocenters. The van der Waals surface area contributed by atoms with Crippen molar-refractivity contribution in [3.05, 3.63) is 28.8 Å². The van der Waals surface area contributed by atoms with Gasteiger partial charge in [-0.1, -0.05) is 38.4 Å². The van der Waals surface area contributed by atoms with Crippen molar-refractivity contribution in [2.45, 2.75) is 52.0 Å². The van der Waals surface area contributed by atoms with E-state index in [1.807, 2.05) is 18.2 Å². The number of hydrazone groups is 1. The Morgan fingerprint density at radius 2 is 2.12 bits per heavy atom. The summed E-state index contributed by atoms with van der Waals surface area (Å²) in [5, 5.41) is 7.91. The first-order valence-electron chi connectivity index (χ1n) is 8.38. The number of amides is 2. The molecule has 1 aliphatic heterocycles. The van der Waals surface area contributed by atoms with E-state index >= 15 is 0 Å². The van der Waals surface area contributed by atoms with Gasteiger partial charge in [0.1, 0.15) is 11.3 Å². The average Bonchev–Trinajstić information content (AvgIpc) is 2.52. The summed E-state index contributed by atoms with van der Waals surface area (Å²) in [6.07, 6.45) is 3.82. The molecule has 1 aromatic carbocycles. The van der Waals surface area contributed by atoms with Crippen LogP contribution in [0.3, 0.4) is 0 Å². The molecule has 2 amide bonds. The molecule has 0 bridgehead atoms. The fourth-order valence-corrected chi connectivity index (χ4v) is 3.46. The van der Waals surface area contributed by atoms with Crippen molar-refractivity contribution in [3.63, 3.8) is 0 Å². The summed E-state index contributed by atoms with van der Waals surface area (Å²) in [6, 6.07) is 5.49. The second kappa shape index (κ2) is 6.28. The number of benzene rings is 1. The molecular formula is C18H24ClN3O2. The summed E-state index contributed by atoms with van der Waals surface area (Å²) >= 11 is 6.45. The monoisotopic (exact) mass is 349 g/mol. The number of ether oxygens (including phenoxy) is 1. The van der Waals surface area contributed by atoms with Crippen molar-refractivity contribution in [3.8, 4) is 5.75 Å². The third kappa shape index (κ3) is 3.36. The number of carbonyl (C=O) groups is 1. The van der Waals surface area contributed by atoms with Gasteiger partial charge in [0.25, 0.3) is 0 Å². The molecule has 3 rings (SSSR count). The van der Waals surface area contributed by atoms with Gasteiger partial charge in [-0.3, -0.25) is 0 Å². The lowest BCUT2D eigenvalue weighted by atomic mass is 9.74. The van der Waals surface area contributed by atoms with E-state index < -0.39 is 5.54 Å². The number of fused-ring (bicyclic) bond motifs is 1. The minimum atomic E-state index is -0.549. The largest absolute Gasteiger partial charge is 0.491 e. The minimum Gasteiger partial charge on any atom is -0.491 e. The topological polar surface area (TPSA) is 62.7 Å². The van der Waals surface area contributed by atoms with Gasteiger partial charge in [0.15, 0.2) is 0 Å².